The van der Waals surface area contributed by atoms with Crippen molar-refractivity contribution in [2.45, 2.75) is 19.8 Å². The van der Waals surface area contributed by atoms with Gasteiger partial charge in [0, 0.05) is 5.33 Å². The number of unbranched alkanes of at least 4 members (excludes halogenated alkanes) is 1. The maximum atomic E-state index is 8.75. The Balaban J connectivity index is 2.56. The minimum atomic E-state index is 0.649. The van der Waals surface area contributed by atoms with Crippen LogP contribution in [-0.4, -0.2) is 11.9 Å². The predicted molar refractivity (Wildman–Crippen MR) is 64.4 cm³/mol. The van der Waals surface area contributed by atoms with E-state index in [0.29, 0.717) is 12.2 Å². The average Bonchev–Trinajstić information content (AvgIpc) is 2.26. The molecule has 1 aromatic carbocycles. The van der Waals surface area contributed by atoms with Gasteiger partial charge in [0.05, 0.1) is 18.2 Å². The zero-order valence-corrected chi connectivity index (χ0v) is 10.4. The number of nitriles is 1. The number of ether oxygens (including phenoxy) is 1. The molecule has 0 spiro atoms. The molecule has 0 aliphatic rings. The SMILES string of the molecule is Cc1ccc(C#N)cc1OCCCCBr. The van der Waals surface area contributed by atoms with E-state index in [1.54, 1.807) is 12.1 Å². The van der Waals surface area contributed by atoms with Gasteiger partial charge >= 0.3 is 0 Å². The first-order valence-electron chi connectivity index (χ1n) is 4.97. The molecule has 0 atom stereocenters. The van der Waals surface area contributed by atoms with Crippen LogP contribution in [0.15, 0.2) is 18.2 Å². The molecule has 3 heteroatoms. The number of nitrogens with zero attached hydrogens (tertiary/aromatic N) is 1. The molecule has 0 bridgehead atoms. The Morgan fingerprint density at radius 1 is 1.40 bits per heavy atom. The van der Waals surface area contributed by atoms with Crippen molar-refractivity contribution >= 4 is 15.9 Å². The van der Waals surface area contributed by atoms with Crippen molar-refractivity contribution < 1.29 is 4.74 Å². The Morgan fingerprint density at radius 2 is 2.20 bits per heavy atom. The van der Waals surface area contributed by atoms with E-state index in [0.717, 1.165) is 29.5 Å². The summed E-state index contributed by atoms with van der Waals surface area (Å²) in [5, 5.41) is 9.76. The molecule has 0 radical (unpaired) electrons. The van der Waals surface area contributed by atoms with Gasteiger partial charge in [0.2, 0.25) is 0 Å². The van der Waals surface area contributed by atoms with E-state index in [-0.39, 0.29) is 0 Å². The second kappa shape index (κ2) is 6.47. The summed E-state index contributed by atoms with van der Waals surface area (Å²) >= 11 is 3.37. The Labute approximate surface area is 99.0 Å². The minimum Gasteiger partial charge on any atom is -0.493 e. The molecule has 1 aromatic rings. The van der Waals surface area contributed by atoms with Gasteiger partial charge in [-0.25, -0.2) is 0 Å². The van der Waals surface area contributed by atoms with Gasteiger partial charge in [-0.1, -0.05) is 22.0 Å². The zero-order valence-electron chi connectivity index (χ0n) is 8.79. The van der Waals surface area contributed by atoms with Gasteiger partial charge in [-0.3, -0.25) is 0 Å². The highest BCUT2D eigenvalue weighted by molar-refractivity contribution is 9.09. The summed E-state index contributed by atoms with van der Waals surface area (Å²) in [5.41, 5.74) is 1.73. The summed E-state index contributed by atoms with van der Waals surface area (Å²) in [6, 6.07) is 7.63. The van der Waals surface area contributed by atoms with Crippen molar-refractivity contribution in [1.29, 1.82) is 5.26 Å². The fourth-order valence-corrected chi connectivity index (χ4v) is 1.60. The lowest BCUT2D eigenvalue weighted by atomic mass is 10.1. The van der Waals surface area contributed by atoms with E-state index < -0.39 is 0 Å². The Morgan fingerprint density at radius 3 is 2.87 bits per heavy atom. The number of hydrogen-bond acceptors (Lipinski definition) is 2. The lowest BCUT2D eigenvalue weighted by Gasteiger charge is -2.08. The second-order valence-corrected chi connectivity index (χ2v) is 4.13. The normalized spacial score (nSPS) is 9.67. The molecule has 0 fully saturated rings. The van der Waals surface area contributed by atoms with Gasteiger partial charge in [-0.15, -0.1) is 0 Å². The van der Waals surface area contributed by atoms with Gasteiger partial charge in [-0.2, -0.15) is 5.26 Å². The second-order valence-electron chi connectivity index (χ2n) is 3.34. The highest BCUT2D eigenvalue weighted by atomic mass is 79.9. The van der Waals surface area contributed by atoms with Crippen LogP contribution in [-0.2, 0) is 0 Å². The van der Waals surface area contributed by atoms with Crippen molar-refractivity contribution in [3.8, 4) is 11.8 Å². The number of alkyl halides is 1. The maximum Gasteiger partial charge on any atom is 0.123 e. The highest BCUT2D eigenvalue weighted by Gasteiger charge is 2.00. The highest BCUT2D eigenvalue weighted by Crippen LogP contribution is 2.19. The first kappa shape index (κ1) is 12.1. The largest absolute Gasteiger partial charge is 0.493 e. The Kier molecular flexibility index (Phi) is 5.20. The van der Waals surface area contributed by atoms with Gasteiger partial charge < -0.3 is 4.74 Å². The van der Waals surface area contributed by atoms with E-state index >= 15 is 0 Å². The van der Waals surface area contributed by atoms with E-state index in [2.05, 4.69) is 22.0 Å². The summed E-state index contributed by atoms with van der Waals surface area (Å²) in [6.45, 7) is 2.70. The number of hydrogen-bond donors (Lipinski definition) is 0. The Bertz CT molecular complexity index is 357. The summed E-state index contributed by atoms with van der Waals surface area (Å²) in [5.74, 6) is 0.823. The molecule has 0 saturated heterocycles. The fourth-order valence-electron chi connectivity index (χ4n) is 1.20. The minimum absolute atomic E-state index is 0.649. The summed E-state index contributed by atoms with van der Waals surface area (Å²) in [7, 11) is 0. The summed E-state index contributed by atoms with van der Waals surface area (Å²) in [4.78, 5) is 0. The molecule has 0 aromatic heterocycles. The van der Waals surface area contributed by atoms with Crippen molar-refractivity contribution in [1.82, 2.24) is 0 Å². The molecule has 0 saturated carbocycles. The van der Waals surface area contributed by atoms with Crippen LogP contribution < -0.4 is 4.74 Å². The Hall–Kier alpha value is -1.01. The quantitative estimate of drug-likeness (QED) is 0.605. The molecule has 0 heterocycles. The van der Waals surface area contributed by atoms with Gasteiger partial charge in [0.25, 0.3) is 0 Å². The third-order valence-electron chi connectivity index (χ3n) is 2.10. The van der Waals surface area contributed by atoms with E-state index in [9.17, 15) is 0 Å². The van der Waals surface area contributed by atoms with Gasteiger partial charge in [-0.05, 0) is 37.5 Å². The van der Waals surface area contributed by atoms with Crippen LogP contribution in [0.1, 0.15) is 24.0 Å². The smallest absolute Gasteiger partial charge is 0.123 e. The molecule has 0 aliphatic heterocycles. The van der Waals surface area contributed by atoms with E-state index in [4.69, 9.17) is 10.00 Å². The topological polar surface area (TPSA) is 33.0 Å². The molecular weight excluding hydrogens is 254 g/mol. The first-order chi connectivity index (χ1) is 7.27. The fraction of sp³-hybridized carbons (Fsp3) is 0.417. The zero-order chi connectivity index (χ0) is 11.1. The average molecular weight is 268 g/mol. The molecule has 0 N–H and O–H groups in total. The molecule has 0 unspecified atom stereocenters. The monoisotopic (exact) mass is 267 g/mol. The number of halogens is 1. The van der Waals surface area contributed by atoms with E-state index in [1.807, 2.05) is 13.0 Å². The van der Waals surface area contributed by atoms with Crippen LogP contribution in [0.2, 0.25) is 0 Å². The molecular formula is C12H14BrNO. The first-order valence-corrected chi connectivity index (χ1v) is 6.09. The molecule has 80 valence electrons. The molecule has 0 amide bonds. The lowest BCUT2D eigenvalue weighted by molar-refractivity contribution is 0.308. The standard InChI is InChI=1S/C12H14BrNO/c1-10-4-5-11(9-14)8-12(10)15-7-3-2-6-13/h4-5,8H,2-3,6-7H2,1H3. The van der Waals surface area contributed by atoms with Crippen LogP contribution in [0.4, 0.5) is 0 Å². The third kappa shape index (κ3) is 3.93. The molecule has 1 rings (SSSR count). The van der Waals surface area contributed by atoms with Crippen molar-refractivity contribution in [3.63, 3.8) is 0 Å². The third-order valence-corrected chi connectivity index (χ3v) is 2.66. The summed E-state index contributed by atoms with van der Waals surface area (Å²) in [6.07, 6.45) is 2.14. The van der Waals surface area contributed by atoms with Crippen molar-refractivity contribution in [2.75, 3.05) is 11.9 Å². The number of rotatable bonds is 5. The molecule has 2 nitrogen and oxygen atoms in total. The molecule has 0 aliphatic carbocycles. The number of benzene rings is 1. The van der Waals surface area contributed by atoms with Gasteiger partial charge in [0.15, 0.2) is 0 Å². The maximum absolute atomic E-state index is 8.75. The van der Waals surface area contributed by atoms with Crippen LogP contribution >= 0.6 is 15.9 Å². The van der Waals surface area contributed by atoms with Crippen molar-refractivity contribution in [3.05, 3.63) is 29.3 Å². The van der Waals surface area contributed by atoms with Crippen LogP contribution in [0.5, 0.6) is 5.75 Å². The lowest BCUT2D eigenvalue weighted by Crippen LogP contribution is -1.99. The van der Waals surface area contributed by atoms with Crippen LogP contribution in [0.25, 0.3) is 0 Å². The summed E-state index contributed by atoms with van der Waals surface area (Å²) < 4.78 is 5.61. The van der Waals surface area contributed by atoms with Gasteiger partial charge in [0.1, 0.15) is 5.75 Å². The van der Waals surface area contributed by atoms with E-state index in [1.165, 1.54) is 0 Å². The predicted octanol–water partition coefficient (Wildman–Crippen LogP) is 3.42. The number of aryl methyl sites for hydroxylation is 1. The molecule has 15 heavy (non-hydrogen) atoms. The van der Waals surface area contributed by atoms with Crippen molar-refractivity contribution in [2.24, 2.45) is 0 Å². The van der Waals surface area contributed by atoms with Crippen LogP contribution in [0, 0.1) is 18.3 Å². The van der Waals surface area contributed by atoms with Crippen LogP contribution in [0.3, 0.4) is 0 Å².